The van der Waals surface area contributed by atoms with Gasteiger partial charge in [0.2, 0.25) is 0 Å². The number of ketones is 1. The van der Waals surface area contributed by atoms with Crippen molar-refractivity contribution >= 4 is 28.4 Å². The number of nitrogens with zero attached hydrogens (tertiary/aromatic N) is 1. The Labute approximate surface area is 187 Å². The number of fused-ring (bicyclic) bond motifs is 1. The normalized spacial score (nSPS) is 21.3. The minimum absolute atomic E-state index is 0.0593. The van der Waals surface area contributed by atoms with Crippen molar-refractivity contribution in [3.8, 4) is 0 Å². The van der Waals surface area contributed by atoms with E-state index in [4.69, 9.17) is 9.15 Å². The molecule has 4 rings (SSSR count). The van der Waals surface area contributed by atoms with Crippen LogP contribution in [0, 0.1) is 18.8 Å². The highest BCUT2D eigenvalue weighted by atomic mass is 16.5. The number of hydrogen-bond acceptors (Lipinski definition) is 6. The minimum Gasteiger partial charge on any atom is -0.466 e. The summed E-state index contributed by atoms with van der Waals surface area (Å²) in [5.41, 5.74) is 2.43. The second-order valence-electron chi connectivity index (χ2n) is 8.95. The molecule has 1 aliphatic carbocycles. The van der Waals surface area contributed by atoms with E-state index >= 15 is 0 Å². The van der Waals surface area contributed by atoms with Crippen LogP contribution in [0.3, 0.4) is 0 Å². The summed E-state index contributed by atoms with van der Waals surface area (Å²) < 4.78 is 11.1. The Balaban J connectivity index is 1.88. The van der Waals surface area contributed by atoms with Gasteiger partial charge in [0, 0.05) is 35.4 Å². The van der Waals surface area contributed by atoms with Crippen molar-refractivity contribution in [2.24, 2.45) is 16.8 Å². The first-order valence-corrected chi connectivity index (χ1v) is 11.2. The number of esters is 1. The number of Topliss-reactive ketones (excluding diaryl/α,β-unsaturated/α-hetero) is 1. The second-order valence-corrected chi connectivity index (χ2v) is 8.95. The predicted molar refractivity (Wildman–Crippen MR) is 123 cm³/mol. The van der Waals surface area contributed by atoms with E-state index in [1.807, 2.05) is 13.0 Å². The van der Waals surface area contributed by atoms with Gasteiger partial charge >= 0.3 is 5.97 Å². The number of aryl methyl sites for hydroxylation is 1. The summed E-state index contributed by atoms with van der Waals surface area (Å²) in [7, 11) is 1.33. The van der Waals surface area contributed by atoms with Crippen LogP contribution in [0.25, 0.3) is 11.0 Å². The third-order valence-corrected chi connectivity index (χ3v) is 6.85. The minimum atomic E-state index is -0.623. The first-order chi connectivity index (χ1) is 15.3. The van der Waals surface area contributed by atoms with Gasteiger partial charge in [-0.25, -0.2) is 4.79 Å². The lowest BCUT2D eigenvalue weighted by atomic mass is 9.71. The fourth-order valence-corrected chi connectivity index (χ4v) is 5.01. The number of allylic oxidation sites excluding steroid dienone is 1. The molecule has 2 aliphatic rings. The van der Waals surface area contributed by atoms with Gasteiger partial charge in [0.05, 0.1) is 24.0 Å². The molecule has 2 unspecified atom stereocenters. The van der Waals surface area contributed by atoms with Gasteiger partial charge in [-0.05, 0) is 39.2 Å². The maximum Gasteiger partial charge on any atom is 0.336 e. The summed E-state index contributed by atoms with van der Waals surface area (Å²) in [6.07, 6.45) is 4.88. The van der Waals surface area contributed by atoms with Crippen molar-refractivity contribution in [1.82, 2.24) is 0 Å². The van der Waals surface area contributed by atoms with Gasteiger partial charge < -0.3 is 9.15 Å². The highest BCUT2D eigenvalue weighted by Gasteiger charge is 2.42. The standard InChI is InChI=1S/C26H29NO5/c1-14-13-21(29)18-9-6-10-19(25(18)32-14)24-22(20(28)12-11-17-7-5-8-17)15(2)27-16(3)23(24)26(30)31-4/h6,9-10,13,17,22,24H,5,7-8,11-12H2,1-4H3. The van der Waals surface area contributed by atoms with Crippen LogP contribution in [0.2, 0.25) is 0 Å². The van der Waals surface area contributed by atoms with Gasteiger partial charge in [0.15, 0.2) is 5.43 Å². The van der Waals surface area contributed by atoms with E-state index in [2.05, 4.69) is 4.99 Å². The van der Waals surface area contributed by atoms with E-state index in [0.29, 0.717) is 51.6 Å². The molecule has 1 aliphatic heterocycles. The fourth-order valence-electron chi connectivity index (χ4n) is 5.01. The molecule has 32 heavy (non-hydrogen) atoms. The first-order valence-electron chi connectivity index (χ1n) is 11.2. The van der Waals surface area contributed by atoms with Gasteiger partial charge in [-0.2, -0.15) is 0 Å². The Morgan fingerprint density at radius 3 is 2.59 bits per heavy atom. The van der Waals surface area contributed by atoms with Gasteiger partial charge in [0.1, 0.15) is 17.1 Å². The van der Waals surface area contributed by atoms with E-state index in [0.717, 1.165) is 6.42 Å². The Hall–Kier alpha value is -3.02. The highest BCUT2D eigenvalue weighted by Crippen LogP contribution is 2.43. The number of benzene rings is 1. The van der Waals surface area contributed by atoms with Gasteiger partial charge in [0.25, 0.3) is 0 Å². The van der Waals surface area contributed by atoms with Crippen LogP contribution in [-0.2, 0) is 14.3 Å². The molecule has 1 fully saturated rings. The Kier molecular flexibility index (Phi) is 6.13. The summed E-state index contributed by atoms with van der Waals surface area (Å²) in [6, 6.07) is 6.75. The smallest absolute Gasteiger partial charge is 0.336 e. The summed E-state index contributed by atoms with van der Waals surface area (Å²) in [4.78, 5) is 43.6. The largest absolute Gasteiger partial charge is 0.466 e. The number of carbonyl (C=O) groups excluding carboxylic acids is 2. The Morgan fingerprint density at radius 1 is 1.19 bits per heavy atom. The maximum atomic E-state index is 13.5. The first kappa shape index (κ1) is 22.2. The molecule has 1 aromatic heterocycles. The summed E-state index contributed by atoms with van der Waals surface area (Å²) in [5.74, 6) is -0.610. The van der Waals surface area contributed by atoms with Crippen molar-refractivity contribution in [3.05, 3.63) is 57.1 Å². The summed E-state index contributed by atoms with van der Waals surface area (Å²) >= 11 is 0. The number of para-hydroxylation sites is 1. The van der Waals surface area contributed by atoms with Crippen LogP contribution in [0.1, 0.15) is 63.2 Å². The molecule has 6 nitrogen and oxygen atoms in total. The van der Waals surface area contributed by atoms with Crippen LogP contribution in [-0.4, -0.2) is 24.6 Å². The van der Waals surface area contributed by atoms with Crippen LogP contribution < -0.4 is 5.43 Å². The number of hydrogen-bond donors (Lipinski definition) is 0. The van der Waals surface area contributed by atoms with E-state index in [9.17, 15) is 14.4 Å². The van der Waals surface area contributed by atoms with Gasteiger partial charge in [-0.15, -0.1) is 0 Å². The zero-order chi connectivity index (χ0) is 23.0. The van der Waals surface area contributed by atoms with Crippen LogP contribution >= 0.6 is 0 Å². The number of methoxy groups -OCH3 is 1. The quantitative estimate of drug-likeness (QED) is 0.604. The second kappa shape index (κ2) is 8.85. The zero-order valence-electron chi connectivity index (χ0n) is 19.1. The lowest BCUT2D eigenvalue weighted by molar-refractivity contribution is -0.136. The number of carbonyl (C=O) groups is 2. The summed E-state index contributed by atoms with van der Waals surface area (Å²) in [5, 5.41) is 0.427. The zero-order valence-corrected chi connectivity index (χ0v) is 19.1. The van der Waals surface area contributed by atoms with Crippen LogP contribution in [0.4, 0.5) is 0 Å². The highest BCUT2D eigenvalue weighted by molar-refractivity contribution is 6.09. The molecule has 0 saturated heterocycles. The monoisotopic (exact) mass is 435 g/mol. The van der Waals surface area contributed by atoms with Crippen molar-refractivity contribution in [2.45, 2.75) is 58.8 Å². The summed E-state index contributed by atoms with van der Waals surface area (Å²) in [6.45, 7) is 5.31. The average molecular weight is 436 g/mol. The predicted octanol–water partition coefficient (Wildman–Crippen LogP) is 4.87. The molecule has 1 aromatic carbocycles. The van der Waals surface area contributed by atoms with E-state index in [1.165, 1.54) is 32.4 Å². The van der Waals surface area contributed by atoms with Crippen LogP contribution in [0.5, 0.6) is 0 Å². The van der Waals surface area contributed by atoms with Crippen LogP contribution in [0.15, 0.2) is 49.7 Å². The van der Waals surface area contributed by atoms with Gasteiger partial charge in [-0.1, -0.05) is 31.4 Å². The molecule has 0 bridgehead atoms. The van der Waals surface area contributed by atoms with Crippen molar-refractivity contribution < 1.29 is 18.7 Å². The molecule has 6 heteroatoms. The maximum absolute atomic E-state index is 13.5. The van der Waals surface area contributed by atoms with Crippen molar-refractivity contribution in [3.63, 3.8) is 0 Å². The van der Waals surface area contributed by atoms with E-state index < -0.39 is 17.8 Å². The average Bonchev–Trinajstić information content (AvgIpc) is 2.71. The van der Waals surface area contributed by atoms with E-state index in [1.54, 1.807) is 26.0 Å². The molecule has 0 radical (unpaired) electrons. The molecule has 2 aromatic rings. The molecule has 0 N–H and O–H groups in total. The van der Waals surface area contributed by atoms with Crippen molar-refractivity contribution in [2.75, 3.05) is 7.11 Å². The molecular formula is C26H29NO5. The topological polar surface area (TPSA) is 85.9 Å². The Morgan fingerprint density at radius 2 is 1.94 bits per heavy atom. The molecule has 1 saturated carbocycles. The molecular weight excluding hydrogens is 406 g/mol. The number of ether oxygens (including phenoxy) is 1. The lowest BCUT2D eigenvalue weighted by Crippen LogP contribution is -2.36. The molecule has 2 heterocycles. The molecule has 0 spiro atoms. The van der Waals surface area contributed by atoms with Gasteiger partial charge in [-0.3, -0.25) is 14.6 Å². The van der Waals surface area contributed by atoms with Crippen molar-refractivity contribution in [1.29, 1.82) is 0 Å². The molecule has 168 valence electrons. The number of aliphatic imine (C=N–C) groups is 1. The lowest BCUT2D eigenvalue weighted by Gasteiger charge is -2.33. The molecule has 0 amide bonds. The SMILES string of the molecule is COC(=O)C1=C(C)N=C(C)C(C(=O)CCC2CCC2)C1c1cccc2c(=O)cc(C)oc12. The Bertz CT molecular complexity index is 1200. The third-order valence-electron chi connectivity index (χ3n) is 6.85. The number of rotatable bonds is 6. The fraction of sp³-hybridized carbons (Fsp3) is 0.462. The van der Waals surface area contributed by atoms with E-state index in [-0.39, 0.29) is 11.2 Å². The third kappa shape index (κ3) is 3.94. The molecule has 2 atom stereocenters.